The molecule has 2 unspecified atom stereocenters. The van der Waals surface area contributed by atoms with Crippen molar-refractivity contribution in [3.63, 3.8) is 0 Å². The first-order valence-corrected chi connectivity index (χ1v) is 14.0. The fourth-order valence-corrected chi connectivity index (χ4v) is 7.55. The van der Waals surface area contributed by atoms with Gasteiger partial charge in [0, 0.05) is 12.6 Å². The van der Waals surface area contributed by atoms with E-state index in [2.05, 4.69) is 13.2 Å². The Labute approximate surface area is 221 Å². The predicted molar refractivity (Wildman–Crippen MR) is 139 cm³/mol. The second kappa shape index (κ2) is 10.9. The number of nitrogens with zero attached hydrogens (tertiary/aromatic N) is 2. The SMILES string of the molecule is C=CCOC(=O)[C@@H]1[C@H]2C(=O)N([C@@H](CO)CC(C)C)C(C(=O)N(CC=C)C3CCCCC3)C23CC[C@@]1(C)O3. The van der Waals surface area contributed by atoms with Crippen LogP contribution in [-0.4, -0.2) is 81.8 Å². The van der Waals surface area contributed by atoms with E-state index in [1.807, 2.05) is 25.7 Å². The number of hydrogen-bond acceptors (Lipinski definition) is 6. The van der Waals surface area contributed by atoms with Crippen LogP contribution >= 0.6 is 0 Å². The van der Waals surface area contributed by atoms with E-state index in [0.717, 1.165) is 32.1 Å². The zero-order chi connectivity index (χ0) is 27.0. The average Bonchev–Trinajstić information content (AvgIpc) is 3.45. The second-order valence-electron chi connectivity index (χ2n) is 11.9. The van der Waals surface area contributed by atoms with Gasteiger partial charge in [-0.25, -0.2) is 0 Å². The smallest absolute Gasteiger partial charge is 0.313 e. The Hall–Kier alpha value is -2.19. The van der Waals surface area contributed by atoms with Crippen molar-refractivity contribution in [1.82, 2.24) is 9.80 Å². The van der Waals surface area contributed by atoms with Gasteiger partial charge in [0.1, 0.15) is 24.2 Å². The van der Waals surface area contributed by atoms with Gasteiger partial charge < -0.3 is 24.4 Å². The van der Waals surface area contributed by atoms with Crippen molar-refractivity contribution >= 4 is 17.8 Å². The second-order valence-corrected chi connectivity index (χ2v) is 11.9. The zero-order valence-corrected chi connectivity index (χ0v) is 22.7. The first-order valence-electron chi connectivity index (χ1n) is 14.0. The maximum absolute atomic E-state index is 14.6. The van der Waals surface area contributed by atoms with E-state index in [4.69, 9.17) is 9.47 Å². The molecule has 3 heterocycles. The predicted octanol–water partition coefficient (Wildman–Crippen LogP) is 3.23. The zero-order valence-electron chi connectivity index (χ0n) is 22.7. The minimum absolute atomic E-state index is 0.0484. The summed E-state index contributed by atoms with van der Waals surface area (Å²) in [6, 6.07) is -1.37. The van der Waals surface area contributed by atoms with Crippen LogP contribution in [0.3, 0.4) is 0 Å². The Balaban J connectivity index is 1.79. The standard InChI is InChI=1S/C29H44N2O6/c1-6-15-30(20-11-9-8-10-12-20)26(34)24-29-14-13-28(5,37-29)23(27(35)36-16-7-2)22(29)25(33)31(24)21(18-32)17-19(3)4/h6-7,19-24,32H,1-2,8-18H2,3-5H3/t21-,22+,23+,24?,28-,29?/m1/s1. The molecule has 3 saturated heterocycles. The monoisotopic (exact) mass is 516 g/mol. The summed E-state index contributed by atoms with van der Waals surface area (Å²) in [6.07, 6.45) is 9.96. The molecule has 4 rings (SSSR count). The number of rotatable bonds is 11. The van der Waals surface area contributed by atoms with Crippen molar-refractivity contribution in [1.29, 1.82) is 0 Å². The summed E-state index contributed by atoms with van der Waals surface area (Å²) >= 11 is 0. The number of esters is 1. The molecule has 1 saturated carbocycles. The minimum Gasteiger partial charge on any atom is -0.461 e. The van der Waals surface area contributed by atoms with Gasteiger partial charge in [-0.05, 0) is 44.9 Å². The van der Waals surface area contributed by atoms with Crippen LogP contribution < -0.4 is 0 Å². The molecule has 4 aliphatic rings. The molecule has 206 valence electrons. The van der Waals surface area contributed by atoms with Crippen LogP contribution in [0.5, 0.6) is 0 Å². The number of carbonyl (C=O) groups is 3. The number of amides is 2. The number of carbonyl (C=O) groups excluding carboxylic acids is 3. The topological polar surface area (TPSA) is 96.4 Å². The summed E-state index contributed by atoms with van der Waals surface area (Å²) < 4.78 is 12.1. The van der Waals surface area contributed by atoms with E-state index in [9.17, 15) is 19.5 Å². The lowest BCUT2D eigenvalue weighted by Crippen LogP contribution is -2.60. The Morgan fingerprint density at radius 2 is 1.92 bits per heavy atom. The highest BCUT2D eigenvalue weighted by Gasteiger charge is 2.79. The molecule has 0 radical (unpaired) electrons. The van der Waals surface area contributed by atoms with E-state index in [0.29, 0.717) is 25.8 Å². The van der Waals surface area contributed by atoms with Gasteiger partial charge in [0.25, 0.3) is 0 Å². The third-order valence-corrected chi connectivity index (χ3v) is 9.02. The van der Waals surface area contributed by atoms with Crippen LogP contribution in [0, 0.1) is 17.8 Å². The molecular formula is C29H44N2O6. The molecule has 0 aromatic rings. The normalized spacial score (nSPS) is 33.9. The molecule has 4 fully saturated rings. The fourth-order valence-electron chi connectivity index (χ4n) is 7.55. The van der Waals surface area contributed by atoms with Gasteiger partial charge in [-0.15, -0.1) is 6.58 Å². The molecule has 2 amide bonds. The van der Waals surface area contributed by atoms with Crippen LogP contribution in [0.1, 0.15) is 72.1 Å². The van der Waals surface area contributed by atoms with E-state index in [1.165, 1.54) is 6.08 Å². The van der Waals surface area contributed by atoms with Gasteiger partial charge in [0.15, 0.2) is 0 Å². The van der Waals surface area contributed by atoms with Crippen molar-refractivity contribution in [3.8, 4) is 0 Å². The van der Waals surface area contributed by atoms with Crippen molar-refractivity contribution < 1.29 is 29.0 Å². The lowest BCUT2D eigenvalue weighted by molar-refractivity contribution is -0.162. The molecule has 1 aliphatic carbocycles. The molecule has 6 atom stereocenters. The Bertz CT molecular complexity index is 914. The quantitative estimate of drug-likeness (QED) is 0.335. The third-order valence-electron chi connectivity index (χ3n) is 9.02. The molecule has 8 nitrogen and oxygen atoms in total. The summed E-state index contributed by atoms with van der Waals surface area (Å²) in [5.74, 6) is -2.37. The van der Waals surface area contributed by atoms with Crippen LogP contribution in [0.15, 0.2) is 25.3 Å². The maximum Gasteiger partial charge on any atom is 0.313 e. The van der Waals surface area contributed by atoms with Crippen molar-refractivity contribution in [2.24, 2.45) is 17.8 Å². The largest absolute Gasteiger partial charge is 0.461 e. The molecule has 3 aliphatic heterocycles. The summed E-state index contributed by atoms with van der Waals surface area (Å²) in [7, 11) is 0. The highest BCUT2D eigenvalue weighted by atomic mass is 16.6. The van der Waals surface area contributed by atoms with Crippen LogP contribution in [0.25, 0.3) is 0 Å². The van der Waals surface area contributed by atoms with E-state index < -0.39 is 41.1 Å². The molecular weight excluding hydrogens is 472 g/mol. The van der Waals surface area contributed by atoms with Crippen molar-refractivity contribution in [2.75, 3.05) is 19.8 Å². The van der Waals surface area contributed by atoms with Gasteiger partial charge in [-0.2, -0.15) is 0 Å². The molecule has 1 spiro atoms. The molecule has 8 heteroatoms. The van der Waals surface area contributed by atoms with Crippen LogP contribution in [0.2, 0.25) is 0 Å². The van der Waals surface area contributed by atoms with Crippen LogP contribution in [0.4, 0.5) is 0 Å². The summed E-state index contributed by atoms with van der Waals surface area (Å²) in [5, 5.41) is 10.4. The Kier molecular flexibility index (Phi) is 8.19. The van der Waals surface area contributed by atoms with E-state index >= 15 is 0 Å². The summed E-state index contributed by atoms with van der Waals surface area (Å²) in [5.41, 5.74) is -2.01. The minimum atomic E-state index is -1.13. The fraction of sp³-hybridized carbons (Fsp3) is 0.759. The Morgan fingerprint density at radius 1 is 1.22 bits per heavy atom. The summed E-state index contributed by atoms with van der Waals surface area (Å²) in [4.78, 5) is 45.6. The number of aliphatic hydroxyl groups excluding tert-OH is 1. The molecule has 0 aromatic carbocycles. The van der Waals surface area contributed by atoms with Crippen molar-refractivity contribution in [3.05, 3.63) is 25.3 Å². The van der Waals surface area contributed by atoms with Gasteiger partial charge in [0.2, 0.25) is 11.8 Å². The molecule has 2 bridgehead atoms. The molecule has 1 N–H and O–H groups in total. The Morgan fingerprint density at radius 3 is 2.51 bits per heavy atom. The number of fused-ring (bicyclic) bond motifs is 1. The number of ether oxygens (including phenoxy) is 2. The molecule has 37 heavy (non-hydrogen) atoms. The van der Waals surface area contributed by atoms with E-state index in [-0.39, 0.29) is 37.0 Å². The molecule has 0 aromatic heterocycles. The van der Waals surface area contributed by atoms with Gasteiger partial charge >= 0.3 is 5.97 Å². The average molecular weight is 517 g/mol. The lowest BCUT2D eigenvalue weighted by Gasteiger charge is -2.42. The lowest BCUT2D eigenvalue weighted by atomic mass is 9.66. The highest BCUT2D eigenvalue weighted by molar-refractivity contribution is 5.98. The van der Waals surface area contributed by atoms with E-state index in [1.54, 1.807) is 11.0 Å². The third kappa shape index (κ3) is 4.65. The summed E-state index contributed by atoms with van der Waals surface area (Å²) in [6.45, 7) is 13.6. The van der Waals surface area contributed by atoms with Gasteiger partial charge in [0.05, 0.1) is 24.2 Å². The van der Waals surface area contributed by atoms with Gasteiger partial charge in [-0.3, -0.25) is 14.4 Å². The maximum atomic E-state index is 14.6. The number of aliphatic hydroxyl groups is 1. The van der Waals surface area contributed by atoms with Crippen molar-refractivity contribution in [2.45, 2.75) is 101 Å². The van der Waals surface area contributed by atoms with Gasteiger partial charge in [-0.1, -0.05) is 51.8 Å². The first-order chi connectivity index (χ1) is 17.6. The highest BCUT2D eigenvalue weighted by Crippen LogP contribution is 2.64. The number of likely N-dealkylation sites (tertiary alicyclic amines) is 1. The first kappa shape index (κ1) is 27.8. The number of hydrogen-bond donors (Lipinski definition) is 1. The van der Waals surface area contributed by atoms with Crippen LogP contribution in [-0.2, 0) is 23.9 Å².